The molecule has 1 aromatic carbocycles. The molecule has 1 rings (SSSR count). The number of anilines is 1. The van der Waals surface area contributed by atoms with Crippen LogP contribution in [0.3, 0.4) is 0 Å². The molecule has 270 valence electrons. The second-order valence-corrected chi connectivity index (χ2v) is 12.6. The average Bonchev–Trinajstić information content (AvgIpc) is 3.03. The second-order valence-electron chi connectivity index (χ2n) is 11.5. The standard InChI is InChI=1S/C32H51IN6O9/c1-21(2)28(39-27(41)12-16-46-18-19-47-17-15-35-26(40)11-13-33)30(43)38-25(6-5-14-36-32(34)45)29(42)37-24-9-7-23(8-10-24)20-48-31(44)22(3)4/h7-10,21-22,25,28H,5-6,11-20H2,1-4H3,(H,35,40)(H,37,42)(H,38,43)(H,39,41)(H3,34,36,45)/t25-,28-/m0/s1. The summed E-state index contributed by atoms with van der Waals surface area (Å²) >= 11 is 2.13. The molecule has 0 saturated carbocycles. The zero-order valence-corrected chi connectivity index (χ0v) is 30.4. The number of primary amides is 1. The zero-order valence-electron chi connectivity index (χ0n) is 28.2. The normalized spacial score (nSPS) is 12.1. The third-order valence-electron chi connectivity index (χ3n) is 6.68. The second kappa shape index (κ2) is 24.6. The summed E-state index contributed by atoms with van der Waals surface area (Å²) in [5.74, 6) is -2.30. The van der Waals surface area contributed by atoms with Crippen LogP contribution in [0.5, 0.6) is 0 Å². The summed E-state index contributed by atoms with van der Waals surface area (Å²) in [5.41, 5.74) is 6.34. The fourth-order valence-corrected chi connectivity index (χ4v) is 4.48. The van der Waals surface area contributed by atoms with E-state index in [2.05, 4.69) is 49.2 Å². The number of carbonyl (C=O) groups is 6. The zero-order chi connectivity index (χ0) is 35.9. The molecule has 15 nitrogen and oxygen atoms in total. The third kappa shape index (κ3) is 19.3. The van der Waals surface area contributed by atoms with Gasteiger partial charge < -0.3 is 46.5 Å². The Morgan fingerprint density at radius 2 is 1.46 bits per heavy atom. The quantitative estimate of drug-likeness (QED) is 0.0389. The van der Waals surface area contributed by atoms with Crippen molar-refractivity contribution in [3.8, 4) is 0 Å². The Bertz CT molecular complexity index is 1170. The first-order chi connectivity index (χ1) is 22.8. The number of amides is 6. The monoisotopic (exact) mass is 790 g/mol. The molecular formula is C32H51IN6O9. The summed E-state index contributed by atoms with van der Waals surface area (Å²) in [4.78, 5) is 73.4. The fourth-order valence-electron chi connectivity index (χ4n) is 3.99. The molecule has 0 radical (unpaired) electrons. The van der Waals surface area contributed by atoms with Crippen LogP contribution in [0.2, 0.25) is 0 Å². The summed E-state index contributed by atoms with van der Waals surface area (Å²) in [7, 11) is 0. The summed E-state index contributed by atoms with van der Waals surface area (Å²) in [5, 5.41) is 13.4. The lowest BCUT2D eigenvalue weighted by Gasteiger charge is -2.25. The van der Waals surface area contributed by atoms with Crippen LogP contribution in [-0.2, 0) is 44.8 Å². The minimum atomic E-state index is -0.986. The fraction of sp³-hybridized carbons (Fsp3) is 0.625. The van der Waals surface area contributed by atoms with Crippen molar-refractivity contribution in [2.24, 2.45) is 17.6 Å². The van der Waals surface area contributed by atoms with Crippen molar-refractivity contribution in [2.45, 2.75) is 72.1 Å². The van der Waals surface area contributed by atoms with Crippen LogP contribution >= 0.6 is 22.6 Å². The molecule has 0 spiro atoms. The predicted molar refractivity (Wildman–Crippen MR) is 188 cm³/mol. The van der Waals surface area contributed by atoms with Crippen molar-refractivity contribution in [1.82, 2.24) is 21.3 Å². The van der Waals surface area contributed by atoms with Crippen LogP contribution in [0.25, 0.3) is 0 Å². The molecule has 0 fully saturated rings. The SMILES string of the molecule is CC(C)C(=O)OCc1ccc(NC(=O)[C@H](CCCNC(N)=O)NC(=O)[C@@H](NC(=O)CCOCCOCCNC(=O)CCI)C(C)C)cc1. The minimum absolute atomic E-state index is 0.0121. The summed E-state index contributed by atoms with van der Waals surface area (Å²) in [6, 6.07) is 4.13. The van der Waals surface area contributed by atoms with Crippen molar-refractivity contribution in [1.29, 1.82) is 0 Å². The van der Waals surface area contributed by atoms with Gasteiger partial charge in [0.05, 0.1) is 32.3 Å². The van der Waals surface area contributed by atoms with Crippen LogP contribution in [-0.4, -0.2) is 91.7 Å². The van der Waals surface area contributed by atoms with Gasteiger partial charge in [0.25, 0.3) is 0 Å². The van der Waals surface area contributed by atoms with Gasteiger partial charge >= 0.3 is 12.0 Å². The summed E-state index contributed by atoms with van der Waals surface area (Å²) in [6.07, 6.45) is 1.00. The summed E-state index contributed by atoms with van der Waals surface area (Å²) < 4.78 is 16.8. The van der Waals surface area contributed by atoms with Crippen molar-refractivity contribution in [2.75, 3.05) is 49.3 Å². The number of ether oxygens (including phenoxy) is 3. The Hall–Kier alpha value is -3.51. The molecule has 0 bridgehead atoms. The highest BCUT2D eigenvalue weighted by Crippen LogP contribution is 2.13. The maximum Gasteiger partial charge on any atom is 0.312 e. The van der Waals surface area contributed by atoms with Crippen LogP contribution in [0.15, 0.2) is 24.3 Å². The maximum absolute atomic E-state index is 13.3. The van der Waals surface area contributed by atoms with E-state index in [9.17, 15) is 28.8 Å². The number of hydrogen-bond donors (Lipinski definition) is 6. The van der Waals surface area contributed by atoms with Crippen LogP contribution in [0.4, 0.5) is 10.5 Å². The lowest BCUT2D eigenvalue weighted by Crippen LogP contribution is -2.54. The molecule has 0 unspecified atom stereocenters. The van der Waals surface area contributed by atoms with Gasteiger partial charge in [0.15, 0.2) is 0 Å². The van der Waals surface area contributed by atoms with Gasteiger partial charge in [0.2, 0.25) is 23.6 Å². The van der Waals surface area contributed by atoms with Crippen LogP contribution in [0, 0.1) is 11.8 Å². The lowest BCUT2D eigenvalue weighted by molar-refractivity contribution is -0.148. The number of alkyl halides is 1. The van der Waals surface area contributed by atoms with Gasteiger partial charge in [-0.25, -0.2) is 4.79 Å². The van der Waals surface area contributed by atoms with Crippen LogP contribution < -0.4 is 32.3 Å². The number of nitrogens with one attached hydrogen (secondary N) is 5. The molecule has 0 aromatic heterocycles. The molecule has 0 aliphatic carbocycles. The van der Waals surface area contributed by atoms with Gasteiger partial charge in [0.1, 0.15) is 18.7 Å². The van der Waals surface area contributed by atoms with E-state index in [4.69, 9.17) is 19.9 Å². The number of hydrogen-bond acceptors (Lipinski definition) is 9. The maximum atomic E-state index is 13.3. The van der Waals surface area contributed by atoms with E-state index >= 15 is 0 Å². The van der Waals surface area contributed by atoms with E-state index in [0.29, 0.717) is 38.3 Å². The van der Waals surface area contributed by atoms with Gasteiger partial charge in [-0.15, -0.1) is 0 Å². The highest BCUT2D eigenvalue weighted by molar-refractivity contribution is 14.1. The van der Waals surface area contributed by atoms with Gasteiger partial charge in [-0.3, -0.25) is 24.0 Å². The first-order valence-corrected chi connectivity index (χ1v) is 17.5. The van der Waals surface area contributed by atoms with Gasteiger partial charge in [-0.1, -0.05) is 62.4 Å². The lowest BCUT2D eigenvalue weighted by atomic mass is 10.0. The molecular weight excluding hydrogens is 739 g/mol. The number of nitrogens with two attached hydrogens (primary N) is 1. The number of esters is 1. The third-order valence-corrected chi connectivity index (χ3v) is 7.22. The molecule has 0 heterocycles. The van der Waals surface area contributed by atoms with E-state index in [1.807, 2.05) is 0 Å². The van der Waals surface area contributed by atoms with Gasteiger partial charge in [-0.05, 0) is 36.5 Å². The van der Waals surface area contributed by atoms with Crippen molar-refractivity contribution >= 4 is 63.9 Å². The van der Waals surface area contributed by atoms with E-state index < -0.39 is 35.8 Å². The Labute approximate surface area is 296 Å². The van der Waals surface area contributed by atoms with E-state index in [1.54, 1.807) is 52.0 Å². The van der Waals surface area contributed by atoms with Crippen molar-refractivity contribution < 1.29 is 43.0 Å². The Kier molecular flexibility index (Phi) is 21.8. The topological polar surface area (TPSA) is 216 Å². The first kappa shape index (κ1) is 42.5. The Morgan fingerprint density at radius 3 is 2.06 bits per heavy atom. The van der Waals surface area contributed by atoms with Crippen LogP contribution in [0.1, 0.15) is 58.9 Å². The molecule has 0 aliphatic rings. The van der Waals surface area contributed by atoms with E-state index in [-0.39, 0.29) is 62.9 Å². The average molecular weight is 791 g/mol. The Morgan fingerprint density at radius 1 is 0.792 bits per heavy atom. The molecule has 1 aromatic rings. The molecule has 0 aliphatic heterocycles. The number of carbonyl (C=O) groups excluding carboxylic acids is 6. The smallest absolute Gasteiger partial charge is 0.312 e. The van der Waals surface area contributed by atoms with Crippen molar-refractivity contribution in [3.05, 3.63) is 29.8 Å². The number of rotatable bonds is 24. The predicted octanol–water partition coefficient (Wildman–Crippen LogP) is 1.76. The number of urea groups is 1. The number of halogens is 1. The molecule has 7 N–H and O–H groups in total. The minimum Gasteiger partial charge on any atom is -0.461 e. The number of benzene rings is 1. The van der Waals surface area contributed by atoms with E-state index in [0.717, 1.165) is 9.99 Å². The van der Waals surface area contributed by atoms with E-state index in [1.165, 1.54) is 0 Å². The van der Waals surface area contributed by atoms with Gasteiger partial charge in [0, 0.05) is 36.0 Å². The highest BCUT2D eigenvalue weighted by Gasteiger charge is 2.28. The molecule has 48 heavy (non-hydrogen) atoms. The van der Waals surface area contributed by atoms with Crippen molar-refractivity contribution in [3.63, 3.8) is 0 Å². The summed E-state index contributed by atoms with van der Waals surface area (Å²) in [6.45, 7) is 8.78. The largest absolute Gasteiger partial charge is 0.461 e. The molecule has 16 heteroatoms. The highest BCUT2D eigenvalue weighted by atomic mass is 127. The molecule has 2 atom stereocenters. The molecule has 0 saturated heterocycles. The Balaban J connectivity index is 2.66. The molecule has 6 amide bonds. The van der Waals surface area contributed by atoms with Gasteiger partial charge in [-0.2, -0.15) is 0 Å². The first-order valence-electron chi connectivity index (χ1n) is 16.0.